The number of benzene rings is 1. The fourth-order valence-corrected chi connectivity index (χ4v) is 1.93. The van der Waals surface area contributed by atoms with E-state index in [0.29, 0.717) is 10.0 Å². The first-order chi connectivity index (χ1) is 6.27. The van der Waals surface area contributed by atoms with Gasteiger partial charge in [0.1, 0.15) is 0 Å². The maximum atomic E-state index is 5.93. The van der Waals surface area contributed by atoms with Crippen LogP contribution in [0.15, 0.2) is 24.3 Å². The molecule has 1 aliphatic rings. The first-order valence-electron chi connectivity index (χ1n) is 4.42. The molecule has 0 aromatic heterocycles. The molecule has 1 aromatic carbocycles. The van der Waals surface area contributed by atoms with Gasteiger partial charge < -0.3 is 0 Å². The van der Waals surface area contributed by atoms with Crippen LogP contribution in [-0.4, -0.2) is 0 Å². The first-order valence-corrected chi connectivity index (χ1v) is 5.17. The van der Waals surface area contributed by atoms with Gasteiger partial charge in [0.25, 0.3) is 0 Å². The van der Waals surface area contributed by atoms with Crippen molar-refractivity contribution in [2.24, 2.45) is 0 Å². The van der Waals surface area contributed by atoms with E-state index in [4.69, 9.17) is 23.2 Å². The maximum Gasteiger partial charge on any atom is 0.0598 e. The molecule has 0 saturated carbocycles. The molecule has 0 unspecified atom stereocenters. The van der Waals surface area contributed by atoms with E-state index in [0.717, 1.165) is 6.42 Å². The molecule has 1 aliphatic carbocycles. The van der Waals surface area contributed by atoms with Gasteiger partial charge in [0.05, 0.1) is 10.0 Å². The van der Waals surface area contributed by atoms with Crippen molar-refractivity contribution in [3.63, 3.8) is 0 Å². The van der Waals surface area contributed by atoms with Gasteiger partial charge in [-0.25, -0.2) is 0 Å². The zero-order chi connectivity index (χ0) is 9.26. The van der Waals surface area contributed by atoms with Crippen LogP contribution in [0.4, 0.5) is 0 Å². The van der Waals surface area contributed by atoms with E-state index in [1.54, 1.807) is 0 Å². The summed E-state index contributed by atoms with van der Waals surface area (Å²) in [5.74, 6) is 0. The fourth-order valence-electron chi connectivity index (χ4n) is 1.63. The van der Waals surface area contributed by atoms with E-state index < -0.39 is 0 Å². The summed E-state index contributed by atoms with van der Waals surface area (Å²) >= 11 is 11.8. The van der Waals surface area contributed by atoms with E-state index in [2.05, 4.69) is 6.08 Å². The third kappa shape index (κ3) is 1.90. The Labute approximate surface area is 88.2 Å². The molecule has 0 nitrogen and oxygen atoms in total. The molecule has 0 saturated heterocycles. The van der Waals surface area contributed by atoms with Crippen LogP contribution in [0.3, 0.4) is 0 Å². The molecule has 13 heavy (non-hydrogen) atoms. The van der Waals surface area contributed by atoms with Gasteiger partial charge >= 0.3 is 0 Å². The lowest BCUT2D eigenvalue weighted by Gasteiger charge is -2.03. The summed E-state index contributed by atoms with van der Waals surface area (Å²) in [4.78, 5) is 0. The van der Waals surface area contributed by atoms with E-state index in [1.807, 2.05) is 18.2 Å². The Bertz CT molecular complexity index is 353. The molecule has 0 spiro atoms. The number of hydrogen-bond donors (Lipinski definition) is 0. The first kappa shape index (κ1) is 9.11. The number of hydrogen-bond acceptors (Lipinski definition) is 0. The molecular formula is C11H10Cl2. The Kier molecular flexibility index (Phi) is 2.61. The van der Waals surface area contributed by atoms with Crippen LogP contribution in [0, 0.1) is 0 Å². The normalized spacial score (nSPS) is 16.0. The topological polar surface area (TPSA) is 0 Å². The predicted octanol–water partition coefficient (Wildman–Crippen LogP) is 4.56. The summed E-state index contributed by atoms with van der Waals surface area (Å²) in [7, 11) is 0. The minimum Gasteiger partial charge on any atom is -0.0827 e. The molecule has 0 bridgehead atoms. The standard InChI is InChI=1S/C11H10Cl2/c12-10-6-5-9(7-11(10)13)8-3-1-2-4-8/h3,5-7H,1-2,4H2. The second-order valence-electron chi connectivity index (χ2n) is 3.25. The molecule has 0 heterocycles. The van der Waals surface area contributed by atoms with Crippen LogP contribution in [-0.2, 0) is 0 Å². The summed E-state index contributed by atoms with van der Waals surface area (Å²) in [6.07, 6.45) is 5.89. The van der Waals surface area contributed by atoms with Crippen LogP contribution in [0.25, 0.3) is 5.57 Å². The SMILES string of the molecule is Clc1ccc(C2=CCCC2)cc1Cl. The van der Waals surface area contributed by atoms with Crippen molar-refractivity contribution in [1.29, 1.82) is 0 Å². The molecule has 68 valence electrons. The summed E-state index contributed by atoms with van der Waals surface area (Å²) in [5, 5.41) is 1.27. The molecule has 0 aliphatic heterocycles. The van der Waals surface area contributed by atoms with Crippen LogP contribution in [0.2, 0.25) is 10.0 Å². The molecule has 2 rings (SSSR count). The average molecular weight is 213 g/mol. The van der Waals surface area contributed by atoms with E-state index in [9.17, 15) is 0 Å². The minimum atomic E-state index is 0.629. The van der Waals surface area contributed by atoms with Gasteiger partial charge in [0.15, 0.2) is 0 Å². The smallest absolute Gasteiger partial charge is 0.0598 e. The summed E-state index contributed by atoms with van der Waals surface area (Å²) in [5.41, 5.74) is 2.62. The van der Waals surface area contributed by atoms with E-state index >= 15 is 0 Å². The molecule has 2 heteroatoms. The third-order valence-corrected chi connectivity index (χ3v) is 3.07. The third-order valence-electron chi connectivity index (χ3n) is 2.33. The molecule has 1 aromatic rings. The zero-order valence-electron chi connectivity index (χ0n) is 7.19. The predicted molar refractivity (Wildman–Crippen MR) is 58.3 cm³/mol. The molecular weight excluding hydrogens is 203 g/mol. The van der Waals surface area contributed by atoms with Gasteiger partial charge in [-0.15, -0.1) is 0 Å². The Morgan fingerprint density at radius 2 is 1.92 bits per heavy atom. The quantitative estimate of drug-likeness (QED) is 0.641. The highest BCUT2D eigenvalue weighted by Gasteiger charge is 2.08. The number of rotatable bonds is 1. The second-order valence-corrected chi connectivity index (χ2v) is 4.06. The summed E-state index contributed by atoms with van der Waals surface area (Å²) in [6.45, 7) is 0. The number of halogens is 2. The van der Waals surface area contributed by atoms with Gasteiger partial charge in [0, 0.05) is 0 Å². The van der Waals surface area contributed by atoms with Crippen LogP contribution in [0.5, 0.6) is 0 Å². The lowest BCUT2D eigenvalue weighted by molar-refractivity contribution is 0.935. The second kappa shape index (κ2) is 3.73. The monoisotopic (exact) mass is 212 g/mol. The largest absolute Gasteiger partial charge is 0.0827 e. The van der Waals surface area contributed by atoms with Crippen molar-refractivity contribution in [2.75, 3.05) is 0 Å². The van der Waals surface area contributed by atoms with Crippen molar-refractivity contribution in [3.8, 4) is 0 Å². The Morgan fingerprint density at radius 3 is 2.54 bits per heavy atom. The van der Waals surface area contributed by atoms with Crippen molar-refractivity contribution < 1.29 is 0 Å². The zero-order valence-corrected chi connectivity index (χ0v) is 8.70. The van der Waals surface area contributed by atoms with Crippen LogP contribution in [0.1, 0.15) is 24.8 Å². The van der Waals surface area contributed by atoms with Crippen LogP contribution < -0.4 is 0 Å². The maximum absolute atomic E-state index is 5.93. The molecule has 0 amide bonds. The van der Waals surface area contributed by atoms with Gasteiger partial charge in [-0.2, -0.15) is 0 Å². The highest BCUT2D eigenvalue weighted by molar-refractivity contribution is 6.42. The molecule has 0 atom stereocenters. The van der Waals surface area contributed by atoms with Crippen molar-refractivity contribution in [2.45, 2.75) is 19.3 Å². The number of allylic oxidation sites excluding steroid dienone is 2. The molecule has 0 N–H and O–H groups in total. The fraction of sp³-hybridized carbons (Fsp3) is 0.273. The van der Waals surface area contributed by atoms with Gasteiger partial charge in [0.2, 0.25) is 0 Å². The average Bonchev–Trinajstić information content (AvgIpc) is 2.62. The Hall–Kier alpha value is -0.460. The van der Waals surface area contributed by atoms with E-state index in [1.165, 1.54) is 24.0 Å². The lowest BCUT2D eigenvalue weighted by Crippen LogP contribution is -1.80. The Morgan fingerprint density at radius 1 is 1.08 bits per heavy atom. The van der Waals surface area contributed by atoms with Crippen molar-refractivity contribution in [1.82, 2.24) is 0 Å². The lowest BCUT2D eigenvalue weighted by atomic mass is 10.1. The minimum absolute atomic E-state index is 0.629. The summed E-state index contributed by atoms with van der Waals surface area (Å²) in [6, 6.07) is 5.84. The molecule has 0 fully saturated rings. The summed E-state index contributed by atoms with van der Waals surface area (Å²) < 4.78 is 0. The highest BCUT2D eigenvalue weighted by atomic mass is 35.5. The highest BCUT2D eigenvalue weighted by Crippen LogP contribution is 2.31. The molecule has 0 radical (unpaired) electrons. The van der Waals surface area contributed by atoms with Gasteiger partial charge in [-0.3, -0.25) is 0 Å². The van der Waals surface area contributed by atoms with Crippen molar-refractivity contribution in [3.05, 3.63) is 39.9 Å². The van der Waals surface area contributed by atoms with Crippen molar-refractivity contribution >= 4 is 28.8 Å². The van der Waals surface area contributed by atoms with E-state index in [-0.39, 0.29) is 0 Å². The van der Waals surface area contributed by atoms with Crippen LogP contribution >= 0.6 is 23.2 Å². The Balaban J connectivity index is 2.36. The van der Waals surface area contributed by atoms with Gasteiger partial charge in [-0.1, -0.05) is 35.3 Å². The van der Waals surface area contributed by atoms with Gasteiger partial charge in [-0.05, 0) is 42.5 Å².